The van der Waals surface area contributed by atoms with Gasteiger partial charge in [0.1, 0.15) is 0 Å². The smallest absolute Gasteiger partial charge is 0.237 e. The van der Waals surface area contributed by atoms with Crippen LogP contribution in [0, 0.1) is 0 Å². The summed E-state index contributed by atoms with van der Waals surface area (Å²) in [7, 11) is -3.48. The van der Waals surface area contributed by atoms with Crippen LogP contribution in [-0.2, 0) is 15.8 Å². The molecular formula is C10H9BrClN3O2S. The highest BCUT2D eigenvalue weighted by atomic mass is 79.9. The number of nitrogens with zero attached hydrogens (tertiary/aromatic N) is 1. The predicted molar refractivity (Wildman–Crippen MR) is 74.0 cm³/mol. The topological polar surface area (TPSA) is 74.8 Å². The second kappa shape index (κ2) is 5.29. The Labute approximate surface area is 118 Å². The van der Waals surface area contributed by atoms with E-state index in [1.807, 2.05) is 0 Å². The Bertz CT molecular complexity index is 643. The Balaban J connectivity index is 2.17. The third-order valence-corrected chi connectivity index (χ3v) is 4.34. The number of nitrogens with one attached hydrogen (secondary N) is 2. The summed E-state index contributed by atoms with van der Waals surface area (Å²) in [6.07, 6.45) is 2.86. The zero-order chi connectivity index (χ0) is 13.2. The maximum atomic E-state index is 11.9. The first kappa shape index (κ1) is 13.4. The van der Waals surface area contributed by atoms with Crippen LogP contribution in [0.15, 0.2) is 35.1 Å². The molecule has 8 heteroatoms. The van der Waals surface area contributed by atoms with Gasteiger partial charge in [-0.3, -0.25) is 9.82 Å². The van der Waals surface area contributed by atoms with Gasteiger partial charge in [-0.15, -0.1) is 0 Å². The van der Waals surface area contributed by atoms with Gasteiger partial charge in [-0.2, -0.15) is 5.10 Å². The number of halogens is 2. The van der Waals surface area contributed by atoms with Crippen LogP contribution in [0.5, 0.6) is 0 Å². The quantitative estimate of drug-likeness (QED) is 0.890. The van der Waals surface area contributed by atoms with Crippen molar-refractivity contribution in [2.24, 2.45) is 0 Å². The summed E-state index contributed by atoms with van der Waals surface area (Å²) in [6, 6.07) is 4.97. The van der Waals surface area contributed by atoms with Crippen molar-refractivity contribution in [2.75, 3.05) is 4.72 Å². The van der Waals surface area contributed by atoms with E-state index in [0.29, 0.717) is 20.7 Å². The second-order valence-corrected chi connectivity index (χ2v) is 6.60. The molecule has 1 heterocycles. The molecule has 0 unspecified atom stereocenters. The summed E-state index contributed by atoms with van der Waals surface area (Å²) in [5, 5.41) is 6.74. The maximum absolute atomic E-state index is 11.9. The van der Waals surface area contributed by atoms with Gasteiger partial charge in [-0.1, -0.05) is 33.6 Å². The van der Waals surface area contributed by atoms with E-state index in [-0.39, 0.29) is 5.75 Å². The number of sulfonamides is 1. The lowest BCUT2D eigenvalue weighted by Crippen LogP contribution is -2.14. The average molecular weight is 351 g/mol. The summed E-state index contributed by atoms with van der Waals surface area (Å²) in [5.41, 5.74) is 1.04. The number of aromatic nitrogens is 2. The van der Waals surface area contributed by atoms with Crippen molar-refractivity contribution in [3.8, 4) is 0 Å². The van der Waals surface area contributed by atoms with Gasteiger partial charge >= 0.3 is 0 Å². The van der Waals surface area contributed by atoms with E-state index < -0.39 is 10.0 Å². The first-order valence-electron chi connectivity index (χ1n) is 4.89. The molecule has 2 aromatic rings. The fraction of sp³-hybridized carbons (Fsp3) is 0.100. The van der Waals surface area contributed by atoms with E-state index >= 15 is 0 Å². The van der Waals surface area contributed by atoms with Crippen molar-refractivity contribution in [1.29, 1.82) is 0 Å². The zero-order valence-corrected chi connectivity index (χ0v) is 12.2. The van der Waals surface area contributed by atoms with Gasteiger partial charge in [0.15, 0.2) is 0 Å². The summed E-state index contributed by atoms with van der Waals surface area (Å²) in [5.74, 6) is -0.143. The number of aromatic amines is 1. The Morgan fingerprint density at radius 1 is 1.44 bits per heavy atom. The molecule has 0 saturated heterocycles. The molecule has 0 aliphatic rings. The highest BCUT2D eigenvalue weighted by molar-refractivity contribution is 9.10. The molecule has 0 radical (unpaired) electrons. The number of H-pyrrole nitrogens is 1. The molecule has 1 aromatic carbocycles. The monoisotopic (exact) mass is 349 g/mol. The molecule has 2 rings (SSSR count). The molecular weight excluding hydrogens is 342 g/mol. The SMILES string of the molecule is O=S(=O)(Cc1ccc(Cl)cc1Br)Nc1cn[nH]c1. The van der Waals surface area contributed by atoms with Crippen molar-refractivity contribution in [2.45, 2.75) is 5.75 Å². The summed E-state index contributed by atoms with van der Waals surface area (Å²) in [6.45, 7) is 0. The fourth-order valence-corrected chi connectivity index (χ4v) is 3.58. The molecule has 0 aliphatic heterocycles. The third kappa shape index (κ3) is 3.47. The molecule has 96 valence electrons. The van der Waals surface area contributed by atoms with Crippen LogP contribution in [0.4, 0.5) is 5.69 Å². The van der Waals surface area contributed by atoms with Crippen molar-refractivity contribution < 1.29 is 8.42 Å². The second-order valence-electron chi connectivity index (χ2n) is 3.58. The van der Waals surface area contributed by atoms with E-state index in [4.69, 9.17) is 11.6 Å². The Morgan fingerprint density at radius 2 is 2.22 bits per heavy atom. The molecule has 0 saturated carbocycles. The van der Waals surface area contributed by atoms with Crippen molar-refractivity contribution >= 4 is 43.2 Å². The van der Waals surface area contributed by atoms with Crippen LogP contribution in [0.1, 0.15) is 5.56 Å². The molecule has 0 amide bonds. The van der Waals surface area contributed by atoms with Crippen LogP contribution in [0.25, 0.3) is 0 Å². The minimum absolute atomic E-state index is 0.143. The molecule has 0 atom stereocenters. The van der Waals surface area contributed by atoms with E-state index in [1.165, 1.54) is 12.4 Å². The minimum atomic E-state index is -3.48. The lowest BCUT2D eigenvalue weighted by Gasteiger charge is -2.07. The largest absolute Gasteiger partial charge is 0.284 e. The standard InChI is InChI=1S/C10H9BrClN3O2S/c11-10-3-8(12)2-1-7(10)6-18(16,17)15-9-4-13-14-5-9/h1-5,15H,6H2,(H,13,14). The van der Waals surface area contributed by atoms with Gasteiger partial charge in [-0.05, 0) is 17.7 Å². The molecule has 0 spiro atoms. The van der Waals surface area contributed by atoms with Crippen LogP contribution in [-0.4, -0.2) is 18.6 Å². The van der Waals surface area contributed by atoms with Gasteiger partial charge in [0.25, 0.3) is 0 Å². The molecule has 2 N–H and O–H groups in total. The van der Waals surface area contributed by atoms with E-state index in [2.05, 4.69) is 30.8 Å². The summed E-state index contributed by atoms with van der Waals surface area (Å²) in [4.78, 5) is 0. The summed E-state index contributed by atoms with van der Waals surface area (Å²) < 4.78 is 26.9. The Hall–Kier alpha value is -1.05. The number of rotatable bonds is 4. The number of hydrogen-bond acceptors (Lipinski definition) is 3. The highest BCUT2D eigenvalue weighted by Crippen LogP contribution is 2.23. The molecule has 0 fully saturated rings. The van der Waals surface area contributed by atoms with Gasteiger partial charge in [-0.25, -0.2) is 8.42 Å². The maximum Gasteiger partial charge on any atom is 0.237 e. The lowest BCUT2D eigenvalue weighted by molar-refractivity contribution is 0.600. The Kier molecular flexibility index (Phi) is 3.94. The van der Waals surface area contributed by atoms with Crippen molar-refractivity contribution in [1.82, 2.24) is 10.2 Å². The fourth-order valence-electron chi connectivity index (χ4n) is 1.37. The Morgan fingerprint density at radius 3 is 2.83 bits per heavy atom. The zero-order valence-electron chi connectivity index (χ0n) is 9.02. The van der Waals surface area contributed by atoms with E-state index in [9.17, 15) is 8.42 Å². The molecule has 0 bridgehead atoms. The van der Waals surface area contributed by atoms with Gasteiger partial charge in [0, 0.05) is 15.7 Å². The van der Waals surface area contributed by atoms with Gasteiger partial charge in [0.05, 0.1) is 17.6 Å². The van der Waals surface area contributed by atoms with Gasteiger partial charge < -0.3 is 0 Å². The van der Waals surface area contributed by atoms with Crippen LogP contribution in [0.3, 0.4) is 0 Å². The number of hydrogen-bond donors (Lipinski definition) is 2. The van der Waals surface area contributed by atoms with Crippen LogP contribution in [0.2, 0.25) is 5.02 Å². The molecule has 5 nitrogen and oxygen atoms in total. The highest BCUT2D eigenvalue weighted by Gasteiger charge is 2.14. The van der Waals surface area contributed by atoms with E-state index in [0.717, 1.165) is 0 Å². The molecule has 0 aliphatic carbocycles. The predicted octanol–water partition coefficient (Wildman–Crippen LogP) is 2.77. The van der Waals surface area contributed by atoms with Crippen molar-refractivity contribution in [3.63, 3.8) is 0 Å². The van der Waals surface area contributed by atoms with Crippen molar-refractivity contribution in [3.05, 3.63) is 45.7 Å². The third-order valence-electron chi connectivity index (χ3n) is 2.13. The normalized spacial score (nSPS) is 11.4. The molecule has 1 aromatic heterocycles. The molecule has 18 heavy (non-hydrogen) atoms. The van der Waals surface area contributed by atoms with Crippen LogP contribution < -0.4 is 4.72 Å². The first-order valence-corrected chi connectivity index (χ1v) is 7.72. The van der Waals surface area contributed by atoms with Crippen LogP contribution >= 0.6 is 27.5 Å². The van der Waals surface area contributed by atoms with E-state index in [1.54, 1.807) is 18.2 Å². The first-order chi connectivity index (χ1) is 8.46. The number of anilines is 1. The minimum Gasteiger partial charge on any atom is -0.284 e. The van der Waals surface area contributed by atoms with Gasteiger partial charge in [0.2, 0.25) is 10.0 Å². The number of benzene rings is 1. The lowest BCUT2D eigenvalue weighted by atomic mass is 10.2. The average Bonchev–Trinajstić information content (AvgIpc) is 2.74. The summed E-state index contributed by atoms with van der Waals surface area (Å²) >= 11 is 9.08.